The van der Waals surface area contributed by atoms with Gasteiger partial charge >= 0.3 is 5.97 Å². The molecule has 1 saturated carbocycles. The van der Waals surface area contributed by atoms with Crippen LogP contribution in [0.15, 0.2) is 58.5 Å². The fourth-order valence-electron chi connectivity index (χ4n) is 4.07. The van der Waals surface area contributed by atoms with E-state index in [4.69, 9.17) is 9.15 Å². The third-order valence-corrected chi connectivity index (χ3v) is 5.46. The van der Waals surface area contributed by atoms with Gasteiger partial charge in [0.2, 0.25) is 0 Å². The molecular formula is C22H26O3. The Bertz CT molecular complexity index is 794. The molecule has 2 atom stereocenters. The highest BCUT2D eigenvalue weighted by molar-refractivity contribution is 5.89. The van der Waals surface area contributed by atoms with Crippen LogP contribution in [0.1, 0.15) is 44.8 Å². The quantitative estimate of drug-likeness (QED) is 0.575. The Balaban J connectivity index is 1.97. The van der Waals surface area contributed by atoms with E-state index in [-0.39, 0.29) is 17.3 Å². The number of carbonyl (C=O) groups excluding carboxylic acids is 1. The zero-order valence-corrected chi connectivity index (χ0v) is 15.6. The van der Waals surface area contributed by atoms with Crippen LogP contribution in [0.4, 0.5) is 0 Å². The lowest BCUT2D eigenvalue weighted by atomic mass is 9.93. The number of furan rings is 1. The molecule has 0 saturated heterocycles. The molecule has 1 aromatic carbocycles. The van der Waals surface area contributed by atoms with E-state index in [1.54, 1.807) is 0 Å². The fourth-order valence-corrected chi connectivity index (χ4v) is 4.07. The number of allylic oxidation sites excluding steroid dienone is 2. The van der Waals surface area contributed by atoms with Gasteiger partial charge in [-0.05, 0) is 37.0 Å². The van der Waals surface area contributed by atoms with E-state index in [1.807, 2.05) is 30.3 Å². The first-order valence-electron chi connectivity index (χ1n) is 8.70. The molecule has 0 radical (unpaired) electrons. The average molecular weight is 338 g/mol. The molecule has 0 spiro atoms. The normalized spacial score (nSPS) is 23.8. The van der Waals surface area contributed by atoms with Crippen LogP contribution in [-0.4, -0.2) is 13.1 Å². The molecule has 1 aromatic heterocycles. The molecule has 2 aromatic rings. The summed E-state index contributed by atoms with van der Waals surface area (Å²) in [5.74, 6) is 1.43. The topological polar surface area (TPSA) is 39.4 Å². The number of benzene rings is 1. The Morgan fingerprint density at radius 3 is 2.44 bits per heavy atom. The number of rotatable bonds is 5. The zero-order valence-electron chi connectivity index (χ0n) is 15.6. The van der Waals surface area contributed by atoms with Crippen LogP contribution in [0.3, 0.4) is 0 Å². The highest BCUT2D eigenvalue weighted by atomic mass is 16.5. The van der Waals surface area contributed by atoms with Gasteiger partial charge in [-0.25, -0.2) is 0 Å². The Morgan fingerprint density at radius 1 is 1.16 bits per heavy atom. The van der Waals surface area contributed by atoms with Crippen molar-refractivity contribution in [2.24, 2.45) is 11.3 Å². The van der Waals surface area contributed by atoms with Crippen LogP contribution in [0, 0.1) is 11.3 Å². The Hall–Kier alpha value is -2.29. The third-order valence-electron chi connectivity index (χ3n) is 5.46. The first kappa shape index (κ1) is 17.5. The Labute approximate surface area is 149 Å². The van der Waals surface area contributed by atoms with Gasteiger partial charge in [0.1, 0.15) is 16.9 Å². The van der Waals surface area contributed by atoms with Crippen molar-refractivity contribution in [3.05, 3.63) is 71.2 Å². The van der Waals surface area contributed by atoms with Crippen LogP contribution < -0.4 is 0 Å². The lowest BCUT2D eigenvalue weighted by Crippen LogP contribution is -2.27. The molecule has 0 N–H and O–H groups in total. The number of carbonyl (C=O) groups is 1. The lowest BCUT2D eigenvalue weighted by molar-refractivity contribution is -0.145. The predicted octanol–water partition coefficient (Wildman–Crippen LogP) is 4.90. The first-order valence-corrected chi connectivity index (χ1v) is 8.70. The number of methoxy groups -OCH3 is 1. The van der Waals surface area contributed by atoms with E-state index in [0.29, 0.717) is 12.2 Å². The number of ether oxygens (including phenoxy) is 1. The van der Waals surface area contributed by atoms with Crippen molar-refractivity contribution in [1.29, 1.82) is 0 Å². The summed E-state index contributed by atoms with van der Waals surface area (Å²) >= 11 is 0. The predicted molar refractivity (Wildman–Crippen MR) is 98.4 cm³/mol. The molecule has 0 bridgehead atoms. The summed E-state index contributed by atoms with van der Waals surface area (Å²) in [4.78, 5) is 12.8. The van der Waals surface area contributed by atoms with Gasteiger partial charge in [-0.2, -0.15) is 0 Å². The molecule has 0 aliphatic heterocycles. The molecule has 3 heteroatoms. The smallest absolute Gasteiger partial charge is 0.320 e. The molecule has 0 unspecified atom stereocenters. The highest BCUT2D eigenvalue weighted by Crippen LogP contribution is 2.71. The summed E-state index contributed by atoms with van der Waals surface area (Å²) < 4.78 is 11.3. The molecule has 1 fully saturated rings. The van der Waals surface area contributed by atoms with E-state index in [0.717, 1.165) is 5.76 Å². The minimum Gasteiger partial charge on any atom is -0.468 e. The molecule has 25 heavy (non-hydrogen) atoms. The standard InChI is InChI=1S/C22H26O3/c1-15(2)13-18-21(3,4)22(18,20(23)24-5)19-12-11-17(25-19)14-16-9-7-6-8-10-16/h6-13,18H,14H2,1-5H3/t18-,22-/m0/s1. The van der Waals surface area contributed by atoms with Crippen molar-refractivity contribution in [3.63, 3.8) is 0 Å². The Morgan fingerprint density at radius 2 is 1.84 bits per heavy atom. The lowest BCUT2D eigenvalue weighted by Gasteiger charge is -2.15. The van der Waals surface area contributed by atoms with Crippen molar-refractivity contribution in [2.45, 2.75) is 39.5 Å². The second-order valence-corrected chi connectivity index (χ2v) is 7.67. The first-order chi connectivity index (χ1) is 11.8. The van der Waals surface area contributed by atoms with Crippen LogP contribution in [0.25, 0.3) is 0 Å². The highest BCUT2D eigenvalue weighted by Gasteiger charge is 2.78. The molecule has 0 amide bonds. The second-order valence-electron chi connectivity index (χ2n) is 7.67. The van der Waals surface area contributed by atoms with Gasteiger partial charge in [0.05, 0.1) is 7.11 Å². The summed E-state index contributed by atoms with van der Waals surface area (Å²) in [6.45, 7) is 8.32. The van der Waals surface area contributed by atoms with Crippen LogP contribution in [0.5, 0.6) is 0 Å². The summed E-state index contributed by atoms with van der Waals surface area (Å²) in [6.07, 6.45) is 2.88. The third kappa shape index (κ3) is 2.72. The van der Waals surface area contributed by atoms with E-state index in [2.05, 4.69) is 45.9 Å². The molecular weight excluding hydrogens is 312 g/mol. The van der Waals surface area contributed by atoms with Crippen molar-refractivity contribution in [1.82, 2.24) is 0 Å². The van der Waals surface area contributed by atoms with Crippen molar-refractivity contribution in [3.8, 4) is 0 Å². The van der Waals surface area contributed by atoms with Gasteiger partial charge < -0.3 is 9.15 Å². The number of hydrogen-bond acceptors (Lipinski definition) is 3. The molecule has 1 heterocycles. The number of hydrogen-bond donors (Lipinski definition) is 0. The van der Waals surface area contributed by atoms with Crippen molar-refractivity contribution in [2.75, 3.05) is 7.11 Å². The molecule has 3 nitrogen and oxygen atoms in total. The largest absolute Gasteiger partial charge is 0.468 e. The second kappa shape index (κ2) is 6.21. The average Bonchev–Trinajstić information content (AvgIpc) is 2.89. The summed E-state index contributed by atoms with van der Waals surface area (Å²) in [7, 11) is 1.45. The van der Waals surface area contributed by atoms with Crippen molar-refractivity contribution >= 4 is 5.97 Å². The molecule has 3 rings (SSSR count). The SMILES string of the molecule is COC(=O)[C@@]1(c2ccc(Cc3ccccc3)o2)[C@@H](C=C(C)C)C1(C)C. The van der Waals surface area contributed by atoms with Gasteiger partial charge in [-0.3, -0.25) is 4.79 Å². The summed E-state index contributed by atoms with van der Waals surface area (Å²) in [6, 6.07) is 14.1. The van der Waals surface area contributed by atoms with Gasteiger partial charge in [-0.15, -0.1) is 0 Å². The minimum absolute atomic E-state index is 0.0770. The van der Waals surface area contributed by atoms with Gasteiger partial charge in [-0.1, -0.05) is 55.8 Å². The molecule has 1 aliphatic rings. The van der Waals surface area contributed by atoms with Gasteiger partial charge in [0.25, 0.3) is 0 Å². The van der Waals surface area contributed by atoms with Crippen LogP contribution >= 0.6 is 0 Å². The monoisotopic (exact) mass is 338 g/mol. The van der Waals surface area contributed by atoms with Crippen LogP contribution in [-0.2, 0) is 21.4 Å². The number of esters is 1. The zero-order chi connectivity index (χ0) is 18.2. The molecule has 132 valence electrons. The van der Waals surface area contributed by atoms with Crippen LogP contribution in [0.2, 0.25) is 0 Å². The maximum absolute atomic E-state index is 12.8. The summed E-state index contributed by atoms with van der Waals surface area (Å²) in [5.41, 5.74) is 1.40. The minimum atomic E-state index is -0.742. The Kier molecular flexibility index (Phi) is 4.36. The molecule has 1 aliphatic carbocycles. The van der Waals surface area contributed by atoms with Gasteiger partial charge in [0, 0.05) is 12.3 Å². The van der Waals surface area contributed by atoms with E-state index in [1.165, 1.54) is 18.2 Å². The van der Waals surface area contributed by atoms with E-state index < -0.39 is 5.41 Å². The fraction of sp³-hybridized carbons (Fsp3) is 0.409. The maximum Gasteiger partial charge on any atom is 0.320 e. The summed E-state index contributed by atoms with van der Waals surface area (Å²) in [5, 5.41) is 0. The van der Waals surface area contributed by atoms with E-state index >= 15 is 0 Å². The maximum atomic E-state index is 12.8. The van der Waals surface area contributed by atoms with Gasteiger partial charge in [0.15, 0.2) is 0 Å². The van der Waals surface area contributed by atoms with E-state index in [9.17, 15) is 4.79 Å². The van der Waals surface area contributed by atoms with Crippen molar-refractivity contribution < 1.29 is 13.9 Å².